The molecule has 0 fully saturated rings. The summed E-state index contributed by atoms with van der Waals surface area (Å²) in [6.07, 6.45) is 1.96. The van der Waals surface area contributed by atoms with Crippen LogP contribution >= 0.6 is 0 Å². The predicted molar refractivity (Wildman–Crippen MR) is 87.3 cm³/mol. The zero-order valence-electron chi connectivity index (χ0n) is 14.0. The average Bonchev–Trinajstić information content (AvgIpc) is 2.59. The first-order valence-corrected chi connectivity index (χ1v) is 7.69. The van der Waals surface area contributed by atoms with Crippen LogP contribution in [-0.4, -0.2) is 44.8 Å². The number of fused-ring (bicyclic) bond motifs is 1. The molecule has 1 aromatic carbocycles. The van der Waals surface area contributed by atoms with E-state index in [4.69, 9.17) is 18.9 Å². The van der Waals surface area contributed by atoms with Gasteiger partial charge in [-0.05, 0) is 37.6 Å². The summed E-state index contributed by atoms with van der Waals surface area (Å²) in [5, 5.41) is 2.59. The van der Waals surface area contributed by atoms with Gasteiger partial charge in [-0.1, -0.05) is 0 Å². The van der Waals surface area contributed by atoms with E-state index in [1.165, 1.54) is 20.1 Å². The van der Waals surface area contributed by atoms with Gasteiger partial charge in [0.1, 0.15) is 13.2 Å². The molecule has 7 heteroatoms. The predicted octanol–water partition coefficient (Wildman–Crippen LogP) is 1.55. The summed E-state index contributed by atoms with van der Waals surface area (Å²) < 4.78 is 21.4. The molecule has 1 aromatic rings. The fraction of sp³-hybridized carbons (Fsp3) is 0.412. The third-order valence-electron chi connectivity index (χ3n) is 3.28. The van der Waals surface area contributed by atoms with Gasteiger partial charge in [0.15, 0.2) is 17.6 Å². The van der Waals surface area contributed by atoms with Crippen molar-refractivity contribution in [2.24, 2.45) is 0 Å². The maximum Gasteiger partial charge on any atom is 0.331 e. The van der Waals surface area contributed by atoms with Crippen LogP contribution in [0, 0.1) is 0 Å². The summed E-state index contributed by atoms with van der Waals surface area (Å²) in [4.78, 5) is 23.3. The van der Waals surface area contributed by atoms with Gasteiger partial charge in [-0.25, -0.2) is 4.79 Å². The van der Waals surface area contributed by atoms with Crippen LogP contribution in [0.15, 0.2) is 18.2 Å². The Labute approximate surface area is 140 Å². The molecule has 0 saturated carbocycles. The molecule has 0 saturated heterocycles. The maximum atomic E-state index is 11.8. The molecule has 0 aliphatic carbocycles. The number of ether oxygens (including phenoxy) is 4. The van der Waals surface area contributed by atoms with E-state index in [1.54, 1.807) is 25.1 Å². The highest BCUT2D eigenvalue weighted by atomic mass is 16.6. The zero-order valence-corrected chi connectivity index (χ0v) is 14.0. The highest BCUT2D eigenvalue weighted by Gasteiger charge is 2.18. The quantitative estimate of drug-likeness (QED) is 0.627. The van der Waals surface area contributed by atoms with Crippen LogP contribution in [-0.2, 0) is 14.3 Å². The van der Waals surface area contributed by atoms with Crippen molar-refractivity contribution in [2.75, 3.05) is 26.9 Å². The summed E-state index contributed by atoms with van der Waals surface area (Å²) in [6, 6.07) is 3.47. The second-order valence-electron chi connectivity index (χ2n) is 5.05. The Kier molecular flexibility index (Phi) is 6.06. The van der Waals surface area contributed by atoms with Crippen molar-refractivity contribution in [2.45, 2.75) is 20.0 Å². The summed E-state index contributed by atoms with van der Waals surface area (Å²) in [5.41, 5.74) is 0.693. The molecule has 0 unspecified atom stereocenters. The lowest BCUT2D eigenvalue weighted by atomic mass is 10.1. The fourth-order valence-corrected chi connectivity index (χ4v) is 2.14. The van der Waals surface area contributed by atoms with E-state index >= 15 is 0 Å². The third kappa shape index (κ3) is 4.41. The molecule has 7 nitrogen and oxygen atoms in total. The monoisotopic (exact) mass is 335 g/mol. The van der Waals surface area contributed by atoms with Crippen LogP contribution in [0.2, 0.25) is 0 Å². The largest absolute Gasteiger partial charge is 0.493 e. The van der Waals surface area contributed by atoms with Crippen molar-refractivity contribution in [1.29, 1.82) is 0 Å². The zero-order chi connectivity index (χ0) is 17.5. The van der Waals surface area contributed by atoms with E-state index in [2.05, 4.69) is 5.32 Å². The standard InChI is InChI=1S/C17H21NO6/c1-4-18-17(20)11(2)24-15(19)6-5-12-9-13(21-3)16-14(10-12)22-7-8-23-16/h5-6,9-11H,4,7-8H2,1-3H3,(H,18,20)/b6-5+/t11-/m0/s1. The highest BCUT2D eigenvalue weighted by Crippen LogP contribution is 2.40. The van der Waals surface area contributed by atoms with E-state index < -0.39 is 12.1 Å². The van der Waals surface area contributed by atoms with Gasteiger partial charge in [0.05, 0.1) is 7.11 Å². The molecule has 0 radical (unpaired) electrons. The number of hydrogen-bond acceptors (Lipinski definition) is 6. The second kappa shape index (κ2) is 8.24. The van der Waals surface area contributed by atoms with Gasteiger partial charge >= 0.3 is 5.97 Å². The van der Waals surface area contributed by atoms with Crippen LogP contribution in [0.3, 0.4) is 0 Å². The molecule has 0 spiro atoms. The van der Waals surface area contributed by atoms with Gasteiger partial charge in [0.2, 0.25) is 5.75 Å². The van der Waals surface area contributed by atoms with Crippen LogP contribution in [0.25, 0.3) is 6.08 Å². The van der Waals surface area contributed by atoms with Crippen molar-refractivity contribution in [3.05, 3.63) is 23.8 Å². The van der Waals surface area contributed by atoms with Crippen molar-refractivity contribution in [3.8, 4) is 17.2 Å². The Morgan fingerprint density at radius 3 is 2.79 bits per heavy atom. The Bertz CT molecular complexity index is 623. The number of likely N-dealkylation sites (N-methyl/N-ethyl adjacent to an activating group) is 1. The minimum absolute atomic E-state index is 0.333. The first-order valence-electron chi connectivity index (χ1n) is 7.69. The minimum atomic E-state index is -0.850. The smallest absolute Gasteiger partial charge is 0.331 e. The Balaban J connectivity index is 2.06. The van der Waals surface area contributed by atoms with Gasteiger partial charge in [-0.2, -0.15) is 0 Å². The van der Waals surface area contributed by atoms with E-state index in [9.17, 15) is 9.59 Å². The molecular formula is C17H21NO6. The van der Waals surface area contributed by atoms with Crippen molar-refractivity contribution in [3.63, 3.8) is 0 Å². The number of hydrogen-bond donors (Lipinski definition) is 1. The molecule has 1 amide bonds. The molecule has 24 heavy (non-hydrogen) atoms. The van der Waals surface area contributed by atoms with Crippen molar-refractivity contribution < 1.29 is 28.5 Å². The van der Waals surface area contributed by atoms with E-state index in [0.717, 1.165) is 0 Å². The Hall–Kier alpha value is -2.70. The third-order valence-corrected chi connectivity index (χ3v) is 3.28. The first kappa shape index (κ1) is 17.7. The fourth-order valence-electron chi connectivity index (χ4n) is 2.14. The number of nitrogens with one attached hydrogen (secondary N) is 1. The van der Waals surface area contributed by atoms with Gasteiger partial charge in [0.25, 0.3) is 5.91 Å². The number of esters is 1. The highest BCUT2D eigenvalue weighted by molar-refractivity contribution is 5.90. The van der Waals surface area contributed by atoms with Gasteiger partial charge in [-0.3, -0.25) is 4.79 Å². The number of benzene rings is 1. The molecule has 1 aliphatic heterocycles. The normalized spacial score (nSPS) is 14.1. The van der Waals surface area contributed by atoms with E-state index in [1.807, 2.05) is 0 Å². The Morgan fingerprint density at radius 1 is 1.33 bits per heavy atom. The van der Waals surface area contributed by atoms with Crippen LogP contribution in [0.1, 0.15) is 19.4 Å². The van der Waals surface area contributed by atoms with E-state index in [0.29, 0.717) is 42.6 Å². The van der Waals surface area contributed by atoms with Crippen molar-refractivity contribution >= 4 is 18.0 Å². The van der Waals surface area contributed by atoms with E-state index in [-0.39, 0.29) is 5.91 Å². The number of rotatable bonds is 6. The maximum absolute atomic E-state index is 11.8. The molecule has 130 valence electrons. The lowest BCUT2D eigenvalue weighted by Crippen LogP contribution is -2.35. The SMILES string of the molecule is CCNC(=O)[C@H](C)OC(=O)/C=C/c1cc(OC)c2c(c1)OCCO2. The van der Waals surface area contributed by atoms with Gasteiger partial charge in [0, 0.05) is 12.6 Å². The molecule has 1 N–H and O–H groups in total. The van der Waals surface area contributed by atoms with Crippen LogP contribution in [0.5, 0.6) is 17.2 Å². The number of carbonyl (C=O) groups is 2. The van der Waals surface area contributed by atoms with Crippen molar-refractivity contribution in [1.82, 2.24) is 5.32 Å². The lowest BCUT2D eigenvalue weighted by molar-refractivity contribution is -0.150. The van der Waals surface area contributed by atoms with Gasteiger partial charge in [-0.15, -0.1) is 0 Å². The molecule has 0 aromatic heterocycles. The minimum Gasteiger partial charge on any atom is -0.493 e. The summed E-state index contributed by atoms with van der Waals surface area (Å²) in [6.45, 7) is 4.71. The molecule has 2 rings (SSSR count). The second-order valence-corrected chi connectivity index (χ2v) is 5.05. The van der Waals surface area contributed by atoms with Crippen LogP contribution < -0.4 is 19.5 Å². The summed E-state index contributed by atoms with van der Waals surface area (Å²) in [5.74, 6) is 0.691. The Morgan fingerprint density at radius 2 is 2.08 bits per heavy atom. The lowest BCUT2D eigenvalue weighted by Gasteiger charge is -2.20. The molecular weight excluding hydrogens is 314 g/mol. The van der Waals surface area contributed by atoms with Crippen LogP contribution in [0.4, 0.5) is 0 Å². The summed E-state index contributed by atoms with van der Waals surface area (Å²) in [7, 11) is 1.53. The summed E-state index contributed by atoms with van der Waals surface area (Å²) >= 11 is 0. The molecule has 1 heterocycles. The molecule has 1 aliphatic rings. The number of carbonyl (C=O) groups excluding carboxylic acids is 2. The topological polar surface area (TPSA) is 83.1 Å². The molecule has 1 atom stereocenters. The number of methoxy groups -OCH3 is 1. The van der Waals surface area contributed by atoms with Gasteiger partial charge < -0.3 is 24.3 Å². The average molecular weight is 335 g/mol. The molecule has 0 bridgehead atoms. The first-order chi connectivity index (χ1) is 11.5. The number of amides is 1.